The molecule has 10 heteroatoms. The SMILES string of the molecule is COc1cc(/C=N/NC(=O)Cc2csc(N)n2)ccc1OCC(=O)Nc1ccccc1. The highest BCUT2D eigenvalue weighted by Crippen LogP contribution is 2.27. The van der Waals surface area contributed by atoms with Gasteiger partial charge in [0.1, 0.15) is 0 Å². The number of anilines is 2. The molecule has 0 spiro atoms. The van der Waals surface area contributed by atoms with Gasteiger partial charge >= 0.3 is 0 Å². The third-order valence-electron chi connectivity index (χ3n) is 3.92. The van der Waals surface area contributed by atoms with Gasteiger partial charge in [-0.05, 0) is 35.9 Å². The van der Waals surface area contributed by atoms with Gasteiger partial charge in [-0.3, -0.25) is 9.59 Å². The van der Waals surface area contributed by atoms with Crippen molar-refractivity contribution in [2.24, 2.45) is 5.10 Å². The summed E-state index contributed by atoms with van der Waals surface area (Å²) in [4.78, 5) is 28.0. The topological polar surface area (TPSA) is 128 Å². The van der Waals surface area contributed by atoms with Crippen LogP contribution in [0.5, 0.6) is 11.5 Å². The van der Waals surface area contributed by atoms with Crippen LogP contribution in [0.25, 0.3) is 0 Å². The number of ether oxygens (including phenoxy) is 2. The van der Waals surface area contributed by atoms with Gasteiger partial charge in [0.15, 0.2) is 23.2 Å². The third kappa shape index (κ3) is 6.82. The molecule has 0 aliphatic heterocycles. The van der Waals surface area contributed by atoms with E-state index in [9.17, 15) is 9.59 Å². The molecule has 31 heavy (non-hydrogen) atoms. The Balaban J connectivity index is 1.52. The number of amides is 2. The summed E-state index contributed by atoms with van der Waals surface area (Å²) in [7, 11) is 1.49. The molecule has 160 valence electrons. The minimum Gasteiger partial charge on any atom is -0.493 e. The molecular weight excluding hydrogens is 418 g/mol. The fourth-order valence-corrected chi connectivity index (χ4v) is 3.10. The highest BCUT2D eigenvalue weighted by molar-refractivity contribution is 7.13. The first-order valence-electron chi connectivity index (χ1n) is 9.21. The monoisotopic (exact) mass is 439 g/mol. The van der Waals surface area contributed by atoms with Crippen LogP contribution >= 0.6 is 11.3 Å². The number of benzene rings is 2. The molecule has 9 nitrogen and oxygen atoms in total. The van der Waals surface area contributed by atoms with Gasteiger partial charge in [-0.25, -0.2) is 10.4 Å². The predicted molar refractivity (Wildman–Crippen MR) is 120 cm³/mol. The zero-order chi connectivity index (χ0) is 22.1. The summed E-state index contributed by atoms with van der Waals surface area (Å²) < 4.78 is 10.9. The molecule has 2 aromatic carbocycles. The molecule has 0 aliphatic rings. The Hall–Kier alpha value is -3.92. The number of hydrazone groups is 1. The maximum Gasteiger partial charge on any atom is 0.262 e. The highest BCUT2D eigenvalue weighted by Gasteiger charge is 2.09. The van der Waals surface area contributed by atoms with E-state index in [-0.39, 0.29) is 24.8 Å². The van der Waals surface area contributed by atoms with E-state index in [1.165, 1.54) is 24.7 Å². The number of aromatic nitrogens is 1. The molecule has 0 bridgehead atoms. The number of hydrogen-bond donors (Lipinski definition) is 3. The number of rotatable bonds is 9. The van der Waals surface area contributed by atoms with Crippen molar-refractivity contribution in [2.75, 3.05) is 24.8 Å². The van der Waals surface area contributed by atoms with Gasteiger partial charge in [0, 0.05) is 11.1 Å². The third-order valence-corrected chi connectivity index (χ3v) is 4.64. The number of carbonyl (C=O) groups is 2. The summed E-state index contributed by atoms with van der Waals surface area (Å²) in [5.41, 5.74) is 9.94. The van der Waals surface area contributed by atoms with Crippen LogP contribution in [0.1, 0.15) is 11.3 Å². The standard InChI is InChI=1S/C21H21N5O4S/c1-29-18-9-14(11-23-26-19(27)10-16-13-31-21(22)25-16)7-8-17(18)30-12-20(28)24-15-5-3-2-4-6-15/h2-9,11,13H,10,12H2,1H3,(H2,22,25)(H,24,28)(H,26,27)/b23-11+. The molecule has 0 unspecified atom stereocenters. The molecule has 0 saturated carbocycles. The van der Waals surface area contributed by atoms with Gasteiger partial charge < -0.3 is 20.5 Å². The lowest BCUT2D eigenvalue weighted by molar-refractivity contribution is -0.120. The van der Waals surface area contributed by atoms with Crippen molar-refractivity contribution in [1.29, 1.82) is 0 Å². The first kappa shape index (κ1) is 21.8. The van der Waals surface area contributed by atoms with Gasteiger partial charge in [0.25, 0.3) is 5.91 Å². The van der Waals surface area contributed by atoms with Crippen LogP contribution in [0.2, 0.25) is 0 Å². The van der Waals surface area contributed by atoms with E-state index in [1.54, 1.807) is 35.7 Å². The van der Waals surface area contributed by atoms with E-state index >= 15 is 0 Å². The normalized spacial score (nSPS) is 10.6. The Morgan fingerprint density at radius 3 is 2.68 bits per heavy atom. The number of carbonyl (C=O) groups excluding carboxylic acids is 2. The fraction of sp³-hybridized carbons (Fsp3) is 0.143. The smallest absolute Gasteiger partial charge is 0.262 e. The van der Waals surface area contributed by atoms with Crippen LogP contribution in [0.3, 0.4) is 0 Å². The maximum atomic E-state index is 12.0. The summed E-state index contributed by atoms with van der Waals surface area (Å²) in [6.45, 7) is -0.171. The largest absolute Gasteiger partial charge is 0.493 e. The molecule has 4 N–H and O–H groups in total. The van der Waals surface area contributed by atoms with Crippen molar-refractivity contribution in [1.82, 2.24) is 10.4 Å². The number of nitrogens with two attached hydrogens (primary N) is 1. The minimum atomic E-state index is -0.308. The van der Waals surface area contributed by atoms with Gasteiger partial charge in [0.2, 0.25) is 5.91 Å². The van der Waals surface area contributed by atoms with Gasteiger partial charge in [0.05, 0.1) is 25.4 Å². The zero-order valence-corrected chi connectivity index (χ0v) is 17.5. The molecule has 0 fully saturated rings. The van der Waals surface area contributed by atoms with Crippen LogP contribution in [0, 0.1) is 0 Å². The Kier molecular flexibility index (Phi) is 7.55. The number of thiazole rings is 1. The highest BCUT2D eigenvalue weighted by atomic mass is 32.1. The van der Waals surface area contributed by atoms with Crippen molar-refractivity contribution in [2.45, 2.75) is 6.42 Å². The summed E-state index contributed by atoms with van der Waals surface area (Å²) >= 11 is 1.28. The van der Waals surface area contributed by atoms with E-state index in [4.69, 9.17) is 15.2 Å². The fourth-order valence-electron chi connectivity index (χ4n) is 2.53. The zero-order valence-electron chi connectivity index (χ0n) is 16.7. The second-order valence-corrected chi connectivity index (χ2v) is 7.15. The van der Waals surface area contributed by atoms with Gasteiger partial charge in [-0.2, -0.15) is 5.10 Å². The average molecular weight is 439 g/mol. The number of para-hydroxylation sites is 1. The Morgan fingerprint density at radius 1 is 1.16 bits per heavy atom. The molecular formula is C21H21N5O4S. The lowest BCUT2D eigenvalue weighted by Crippen LogP contribution is -2.20. The quantitative estimate of drug-likeness (QED) is 0.347. The molecule has 1 heterocycles. The summed E-state index contributed by atoms with van der Waals surface area (Å²) in [6.07, 6.45) is 1.56. The molecule has 0 aliphatic carbocycles. The molecule has 3 aromatic rings. The van der Waals surface area contributed by atoms with Crippen molar-refractivity contribution in [3.63, 3.8) is 0 Å². The molecule has 1 aromatic heterocycles. The Labute approximate surface area is 182 Å². The number of nitrogens with one attached hydrogen (secondary N) is 2. The van der Waals surface area contributed by atoms with E-state index in [0.29, 0.717) is 33.6 Å². The van der Waals surface area contributed by atoms with E-state index in [2.05, 4.69) is 20.8 Å². The second kappa shape index (κ2) is 10.7. The second-order valence-electron chi connectivity index (χ2n) is 6.26. The van der Waals surface area contributed by atoms with Crippen molar-refractivity contribution >= 4 is 40.2 Å². The van der Waals surface area contributed by atoms with E-state index in [1.807, 2.05) is 18.2 Å². The van der Waals surface area contributed by atoms with Crippen LogP contribution < -0.4 is 25.9 Å². The van der Waals surface area contributed by atoms with Gasteiger partial charge in [-0.15, -0.1) is 11.3 Å². The van der Waals surface area contributed by atoms with Crippen LogP contribution in [-0.2, 0) is 16.0 Å². The van der Waals surface area contributed by atoms with Crippen molar-refractivity contribution in [3.05, 3.63) is 65.2 Å². The van der Waals surface area contributed by atoms with Crippen LogP contribution in [-0.4, -0.2) is 36.7 Å². The van der Waals surface area contributed by atoms with Crippen molar-refractivity contribution in [3.8, 4) is 11.5 Å². The Bertz CT molecular complexity index is 1070. The number of hydrogen-bond acceptors (Lipinski definition) is 8. The Morgan fingerprint density at radius 2 is 1.97 bits per heavy atom. The molecule has 3 rings (SSSR count). The maximum absolute atomic E-state index is 12.0. The first-order valence-corrected chi connectivity index (χ1v) is 10.1. The lowest BCUT2D eigenvalue weighted by Gasteiger charge is -2.11. The van der Waals surface area contributed by atoms with E-state index < -0.39 is 0 Å². The summed E-state index contributed by atoms with van der Waals surface area (Å²) in [5.74, 6) is 0.245. The number of nitrogens with zero attached hydrogens (tertiary/aromatic N) is 2. The van der Waals surface area contributed by atoms with Gasteiger partial charge in [-0.1, -0.05) is 18.2 Å². The first-order chi connectivity index (χ1) is 15.0. The lowest BCUT2D eigenvalue weighted by atomic mass is 10.2. The molecule has 0 saturated heterocycles. The number of nitrogen functional groups attached to an aromatic ring is 1. The molecule has 0 radical (unpaired) electrons. The average Bonchev–Trinajstić information content (AvgIpc) is 3.17. The molecule has 0 atom stereocenters. The summed E-state index contributed by atoms with van der Waals surface area (Å²) in [5, 5.41) is 8.81. The van der Waals surface area contributed by atoms with Crippen LogP contribution in [0.4, 0.5) is 10.8 Å². The summed E-state index contributed by atoms with van der Waals surface area (Å²) in [6, 6.07) is 14.2. The minimum absolute atomic E-state index is 0.0895. The predicted octanol–water partition coefficient (Wildman–Crippen LogP) is 2.44. The van der Waals surface area contributed by atoms with Crippen LogP contribution in [0.15, 0.2) is 59.0 Å². The molecule has 2 amide bonds. The number of methoxy groups -OCH3 is 1. The van der Waals surface area contributed by atoms with E-state index in [0.717, 1.165) is 0 Å². The van der Waals surface area contributed by atoms with Crippen molar-refractivity contribution < 1.29 is 19.1 Å².